The Morgan fingerprint density at radius 2 is 1.09 bits per heavy atom. The molecular formula is C26H19Cl2NO2Ti. The molecule has 4 aromatic carbocycles. The minimum atomic E-state index is -0.349. The summed E-state index contributed by atoms with van der Waals surface area (Å²) in [5.74, 6) is 0.104. The average molecular weight is 496 g/mol. The van der Waals surface area contributed by atoms with Crippen LogP contribution in [0.25, 0.3) is 21.5 Å². The van der Waals surface area contributed by atoms with Crippen LogP contribution < -0.4 is 24.8 Å². The fourth-order valence-electron chi connectivity index (χ4n) is 4.08. The van der Waals surface area contributed by atoms with E-state index in [2.05, 4.69) is 4.98 Å². The van der Waals surface area contributed by atoms with E-state index in [1.807, 2.05) is 84.9 Å². The SMILES string of the molecule is Oc1c(C(c2cccnc2)c2ccc3ccccc3c2O)ccc2ccccc12.[Cl-].[Cl-].[Ti+2]. The van der Waals surface area contributed by atoms with Gasteiger partial charge in [-0.3, -0.25) is 4.98 Å². The van der Waals surface area contributed by atoms with E-state index in [1.54, 1.807) is 12.4 Å². The van der Waals surface area contributed by atoms with Gasteiger partial charge in [0.1, 0.15) is 11.5 Å². The van der Waals surface area contributed by atoms with Crippen LogP contribution in [0.5, 0.6) is 11.5 Å². The molecule has 0 aliphatic rings. The molecule has 0 bridgehead atoms. The Morgan fingerprint density at radius 3 is 1.56 bits per heavy atom. The number of pyridine rings is 1. The largest absolute Gasteiger partial charge is 2.00 e. The summed E-state index contributed by atoms with van der Waals surface area (Å²) in [7, 11) is 0. The van der Waals surface area contributed by atoms with Crippen LogP contribution in [0.1, 0.15) is 22.6 Å². The van der Waals surface area contributed by atoms with Crippen LogP contribution in [-0.4, -0.2) is 15.2 Å². The van der Waals surface area contributed by atoms with E-state index < -0.39 is 0 Å². The van der Waals surface area contributed by atoms with Gasteiger partial charge in [0.05, 0.1) is 0 Å². The number of phenols is 2. The summed E-state index contributed by atoms with van der Waals surface area (Å²) in [5, 5.41) is 25.8. The molecule has 1 heterocycles. The molecule has 0 saturated heterocycles. The molecule has 3 nitrogen and oxygen atoms in total. The van der Waals surface area contributed by atoms with E-state index in [9.17, 15) is 10.2 Å². The predicted molar refractivity (Wildman–Crippen MR) is 116 cm³/mol. The van der Waals surface area contributed by atoms with Crippen LogP contribution in [0.2, 0.25) is 0 Å². The molecule has 0 saturated carbocycles. The van der Waals surface area contributed by atoms with Crippen molar-refractivity contribution in [2.45, 2.75) is 5.92 Å². The molecule has 2 N–H and O–H groups in total. The third kappa shape index (κ3) is 4.48. The summed E-state index contributed by atoms with van der Waals surface area (Å²) in [4.78, 5) is 4.28. The molecule has 158 valence electrons. The van der Waals surface area contributed by atoms with Crippen molar-refractivity contribution in [2.24, 2.45) is 0 Å². The number of fused-ring (bicyclic) bond motifs is 2. The molecule has 0 unspecified atom stereocenters. The fraction of sp³-hybridized carbons (Fsp3) is 0.0385. The van der Waals surface area contributed by atoms with Gasteiger partial charge in [0.15, 0.2) is 0 Å². The minimum Gasteiger partial charge on any atom is -1.00 e. The monoisotopic (exact) mass is 495 g/mol. The third-order valence-electron chi connectivity index (χ3n) is 5.50. The number of aromatic hydroxyl groups is 2. The second-order valence-corrected chi connectivity index (χ2v) is 7.17. The summed E-state index contributed by atoms with van der Waals surface area (Å²) >= 11 is 0. The Balaban J connectivity index is 0.00000121. The van der Waals surface area contributed by atoms with E-state index >= 15 is 0 Å². The van der Waals surface area contributed by atoms with Crippen LogP contribution in [-0.2, 0) is 21.7 Å². The van der Waals surface area contributed by atoms with Gasteiger partial charge in [-0.15, -0.1) is 0 Å². The number of halogens is 2. The minimum absolute atomic E-state index is 0. The molecule has 0 aliphatic heterocycles. The van der Waals surface area contributed by atoms with Gasteiger partial charge in [-0.2, -0.15) is 0 Å². The fourth-order valence-corrected chi connectivity index (χ4v) is 4.08. The smallest absolute Gasteiger partial charge is 1.00 e. The van der Waals surface area contributed by atoms with Crippen LogP contribution in [0.15, 0.2) is 97.3 Å². The number of hydrogen-bond acceptors (Lipinski definition) is 3. The second-order valence-electron chi connectivity index (χ2n) is 7.17. The van der Waals surface area contributed by atoms with E-state index in [1.165, 1.54) is 0 Å². The maximum absolute atomic E-state index is 11.1. The predicted octanol–water partition coefficient (Wildman–Crippen LogP) is -0.0151. The van der Waals surface area contributed by atoms with E-state index in [-0.39, 0.29) is 63.9 Å². The molecule has 0 radical (unpaired) electrons. The molecule has 5 aromatic rings. The average Bonchev–Trinajstić information content (AvgIpc) is 2.78. The van der Waals surface area contributed by atoms with E-state index in [0.717, 1.165) is 38.2 Å². The molecule has 5 rings (SSSR count). The summed E-state index contributed by atoms with van der Waals surface area (Å²) in [6.45, 7) is 0. The first-order valence-electron chi connectivity index (χ1n) is 9.55. The quantitative estimate of drug-likeness (QED) is 0.346. The number of benzene rings is 4. The molecule has 0 amide bonds. The molecule has 0 spiro atoms. The molecule has 0 atom stereocenters. The number of hydrogen-bond donors (Lipinski definition) is 2. The number of aromatic nitrogens is 1. The van der Waals surface area contributed by atoms with Crippen LogP contribution in [0.3, 0.4) is 0 Å². The molecule has 1 aromatic heterocycles. The Bertz CT molecular complexity index is 1260. The Morgan fingerprint density at radius 1 is 0.594 bits per heavy atom. The van der Waals surface area contributed by atoms with Crippen molar-refractivity contribution in [3.8, 4) is 11.5 Å². The topological polar surface area (TPSA) is 53.4 Å². The zero-order chi connectivity index (χ0) is 19.8. The summed E-state index contributed by atoms with van der Waals surface area (Å²) in [6, 6.07) is 27.2. The van der Waals surface area contributed by atoms with Gasteiger partial charge in [0.2, 0.25) is 0 Å². The van der Waals surface area contributed by atoms with Gasteiger partial charge < -0.3 is 35.0 Å². The first-order chi connectivity index (χ1) is 14.2. The molecular weight excluding hydrogens is 477 g/mol. The van der Waals surface area contributed by atoms with Crippen molar-refractivity contribution in [3.05, 3.63) is 114 Å². The van der Waals surface area contributed by atoms with Gasteiger partial charge >= 0.3 is 21.7 Å². The van der Waals surface area contributed by atoms with Gasteiger partial charge in [0, 0.05) is 40.2 Å². The molecule has 6 heteroatoms. The van der Waals surface area contributed by atoms with Gasteiger partial charge in [-0.05, 0) is 22.4 Å². The number of rotatable bonds is 3. The second kappa shape index (κ2) is 10.8. The molecule has 0 fully saturated rings. The summed E-state index contributed by atoms with van der Waals surface area (Å²) < 4.78 is 0. The van der Waals surface area contributed by atoms with Gasteiger partial charge in [-0.25, -0.2) is 0 Å². The third-order valence-corrected chi connectivity index (χ3v) is 5.50. The van der Waals surface area contributed by atoms with Crippen molar-refractivity contribution in [2.75, 3.05) is 0 Å². The Labute approximate surface area is 213 Å². The Hall–Kier alpha value is -2.56. The van der Waals surface area contributed by atoms with Crippen LogP contribution in [0, 0.1) is 0 Å². The van der Waals surface area contributed by atoms with Crippen molar-refractivity contribution >= 4 is 21.5 Å². The number of phenolic OH excluding ortho intramolecular Hbond substituents is 2. The van der Waals surface area contributed by atoms with Crippen molar-refractivity contribution in [3.63, 3.8) is 0 Å². The van der Waals surface area contributed by atoms with E-state index in [0.29, 0.717) is 0 Å². The first-order valence-corrected chi connectivity index (χ1v) is 9.55. The van der Waals surface area contributed by atoms with E-state index in [4.69, 9.17) is 0 Å². The first kappa shape index (κ1) is 25.7. The maximum Gasteiger partial charge on any atom is 2.00 e. The standard InChI is InChI=1S/C26H19NO2.2ClH.Ti/c28-25-20-9-3-1-6-17(20)11-13-22(25)24(19-8-5-15-27-16-19)23-14-12-18-7-2-4-10-21(18)26(23)29;;;/h1-16,24,28-29H;2*1H;/q;;;+2/p-2. The van der Waals surface area contributed by atoms with Crippen molar-refractivity contribution in [1.82, 2.24) is 4.98 Å². The van der Waals surface area contributed by atoms with Gasteiger partial charge in [-0.1, -0.05) is 78.9 Å². The maximum atomic E-state index is 11.1. The van der Waals surface area contributed by atoms with Crippen LogP contribution >= 0.6 is 0 Å². The summed E-state index contributed by atoms with van der Waals surface area (Å²) in [5.41, 5.74) is 2.38. The molecule has 32 heavy (non-hydrogen) atoms. The zero-order valence-corrected chi connectivity index (χ0v) is 20.0. The normalized spacial score (nSPS) is 10.3. The van der Waals surface area contributed by atoms with Crippen molar-refractivity contribution < 1.29 is 56.7 Å². The zero-order valence-electron chi connectivity index (χ0n) is 16.9. The van der Waals surface area contributed by atoms with Crippen molar-refractivity contribution in [1.29, 1.82) is 0 Å². The van der Waals surface area contributed by atoms with Crippen LogP contribution in [0.4, 0.5) is 0 Å². The molecule has 0 aliphatic carbocycles. The van der Waals surface area contributed by atoms with Gasteiger partial charge in [0.25, 0.3) is 0 Å². The Kier molecular flexibility index (Phi) is 8.71. The summed E-state index contributed by atoms with van der Waals surface area (Å²) in [6.07, 6.45) is 3.51. The number of nitrogens with zero attached hydrogens (tertiary/aromatic N) is 1.